The summed E-state index contributed by atoms with van der Waals surface area (Å²) < 4.78 is 1.67. The van der Waals surface area contributed by atoms with Crippen molar-refractivity contribution in [3.63, 3.8) is 0 Å². The van der Waals surface area contributed by atoms with Crippen molar-refractivity contribution in [2.45, 2.75) is 51.6 Å². The van der Waals surface area contributed by atoms with E-state index in [4.69, 9.17) is 0 Å². The van der Waals surface area contributed by atoms with Gasteiger partial charge < -0.3 is 4.90 Å². The molecule has 1 saturated heterocycles. The number of nitrogens with zero attached hydrogens (tertiary/aromatic N) is 4. The minimum Gasteiger partial charge on any atom is -0.332 e. The van der Waals surface area contributed by atoms with Crippen LogP contribution >= 0.6 is 0 Å². The van der Waals surface area contributed by atoms with E-state index in [0.29, 0.717) is 37.0 Å². The van der Waals surface area contributed by atoms with Crippen molar-refractivity contribution in [2.24, 2.45) is 11.8 Å². The summed E-state index contributed by atoms with van der Waals surface area (Å²) in [5, 5.41) is 15.4. The van der Waals surface area contributed by atoms with Gasteiger partial charge in [0.25, 0.3) is 0 Å². The van der Waals surface area contributed by atoms with Crippen LogP contribution in [0, 0.1) is 11.8 Å². The summed E-state index contributed by atoms with van der Waals surface area (Å²) in [6.07, 6.45) is 4.45. The molecule has 3 aromatic rings. The fraction of sp³-hybridized carbons (Fsp3) is 0.524. The molecule has 5 rings (SSSR count). The molecule has 1 aliphatic heterocycles. The van der Waals surface area contributed by atoms with Crippen LogP contribution in [0.1, 0.15) is 50.2 Å². The zero-order valence-electron chi connectivity index (χ0n) is 16.6. The molecule has 2 N–H and O–H groups in total. The molecule has 2 aliphatic rings. The quantitative estimate of drug-likeness (QED) is 0.670. The smallest absolute Gasteiger partial charge is 0.332 e. The van der Waals surface area contributed by atoms with E-state index in [0.717, 1.165) is 29.6 Å². The normalized spacial score (nSPS) is 21.9. The Bertz CT molecular complexity index is 1090. The Hall–Kier alpha value is -2.90. The summed E-state index contributed by atoms with van der Waals surface area (Å²) in [5.41, 5.74) is 1.72. The van der Waals surface area contributed by atoms with E-state index in [1.54, 1.807) is 4.57 Å². The molecule has 3 heterocycles. The molecule has 1 aliphatic carbocycles. The summed E-state index contributed by atoms with van der Waals surface area (Å²) in [4.78, 5) is 27.3. The zero-order chi connectivity index (χ0) is 20.0. The van der Waals surface area contributed by atoms with Crippen molar-refractivity contribution in [1.82, 2.24) is 29.9 Å². The molecule has 8 heteroatoms. The van der Waals surface area contributed by atoms with Crippen molar-refractivity contribution in [3.8, 4) is 0 Å². The van der Waals surface area contributed by atoms with Gasteiger partial charge in [-0.25, -0.2) is 9.89 Å². The van der Waals surface area contributed by atoms with E-state index in [1.807, 2.05) is 36.1 Å². The monoisotopic (exact) mass is 394 g/mol. The van der Waals surface area contributed by atoms with Gasteiger partial charge >= 0.3 is 5.69 Å². The molecule has 1 amide bonds. The summed E-state index contributed by atoms with van der Waals surface area (Å²) in [6, 6.07) is 7.84. The predicted octanol–water partition coefficient (Wildman–Crippen LogP) is 2.40. The number of aromatic nitrogens is 5. The van der Waals surface area contributed by atoms with Gasteiger partial charge in [0.2, 0.25) is 5.91 Å². The lowest BCUT2D eigenvalue weighted by molar-refractivity contribution is -0.132. The molecule has 29 heavy (non-hydrogen) atoms. The third-order valence-corrected chi connectivity index (χ3v) is 6.49. The molecule has 2 aromatic heterocycles. The fourth-order valence-electron chi connectivity index (χ4n) is 4.89. The van der Waals surface area contributed by atoms with Crippen LogP contribution in [0.4, 0.5) is 0 Å². The number of benzene rings is 1. The van der Waals surface area contributed by atoms with Crippen LogP contribution in [-0.4, -0.2) is 42.3 Å². The summed E-state index contributed by atoms with van der Waals surface area (Å²) in [5.74, 6) is 1.88. The third-order valence-electron chi connectivity index (χ3n) is 6.49. The highest BCUT2D eigenvalue weighted by Crippen LogP contribution is 2.50. The van der Waals surface area contributed by atoms with E-state index in [2.05, 4.69) is 20.4 Å². The van der Waals surface area contributed by atoms with Gasteiger partial charge in [0, 0.05) is 30.6 Å². The molecule has 2 unspecified atom stereocenters. The average molecular weight is 394 g/mol. The van der Waals surface area contributed by atoms with Gasteiger partial charge in [-0.15, -0.1) is 0 Å². The maximum absolute atomic E-state index is 13.2. The second-order valence-electron chi connectivity index (χ2n) is 8.17. The molecule has 0 spiro atoms. The molecule has 2 fully saturated rings. The van der Waals surface area contributed by atoms with Crippen molar-refractivity contribution in [3.05, 3.63) is 46.3 Å². The number of hydrogen-bond donors (Lipinski definition) is 2. The Morgan fingerprint density at radius 2 is 2.00 bits per heavy atom. The standard InChI is InChI=1S/C21H26N6O2/c1-2-26-20(24-25-21(26)29)19-14(13-7-8-13)11-12-27(19)18(28)10-9-17-15-5-3-4-6-16(15)22-23-17/h3-6,13-14,19H,2,7-12H2,1H3,(H,22,23)(H,25,29). The molecular formula is C21H26N6O2. The van der Waals surface area contributed by atoms with E-state index in [-0.39, 0.29) is 17.6 Å². The SMILES string of the molecule is CCn1c(C2C(C3CC3)CCN2C(=O)CCc2[nH]nc3ccccc23)n[nH]c1=O. The molecular weight excluding hydrogens is 368 g/mol. The lowest BCUT2D eigenvalue weighted by atomic mass is 9.94. The molecule has 0 radical (unpaired) electrons. The minimum absolute atomic E-state index is 0.104. The lowest BCUT2D eigenvalue weighted by Crippen LogP contribution is -2.35. The minimum atomic E-state index is -0.194. The fourth-order valence-corrected chi connectivity index (χ4v) is 4.89. The number of para-hydroxylation sites is 1. The largest absolute Gasteiger partial charge is 0.343 e. The molecule has 8 nitrogen and oxygen atoms in total. The number of likely N-dealkylation sites (tertiary alicyclic amines) is 1. The average Bonchev–Trinajstić information content (AvgIpc) is 3.19. The van der Waals surface area contributed by atoms with E-state index in [9.17, 15) is 9.59 Å². The van der Waals surface area contributed by atoms with Crippen molar-refractivity contribution in [1.29, 1.82) is 0 Å². The number of aryl methyl sites for hydroxylation is 1. The molecule has 1 aromatic carbocycles. The van der Waals surface area contributed by atoms with Gasteiger partial charge in [-0.05, 0) is 50.5 Å². The first-order chi connectivity index (χ1) is 14.2. The van der Waals surface area contributed by atoms with Crippen LogP contribution in [-0.2, 0) is 17.8 Å². The first kappa shape index (κ1) is 18.1. The van der Waals surface area contributed by atoms with Crippen LogP contribution in [0.15, 0.2) is 29.1 Å². The molecule has 0 bridgehead atoms. The Labute approximate surface area is 168 Å². The second-order valence-corrected chi connectivity index (χ2v) is 8.17. The van der Waals surface area contributed by atoms with Crippen LogP contribution in [0.25, 0.3) is 10.9 Å². The van der Waals surface area contributed by atoms with Crippen LogP contribution in [0.3, 0.4) is 0 Å². The third kappa shape index (κ3) is 3.16. The number of rotatable bonds is 6. The van der Waals surface area contributed by atoms with E-state index >= 15 is 0 Å². The number of amides is 1. The van der Waals surface area contributed by atoms with Crippen molar-refractivity contribution in [2.75, 3.05) is 6.54 Å². The summed E-state index contributed by atoms with van der Waals surface area (Å²) in [7, 11) is 0. The zero-order valence-corrected chi connectivity index (χ0v) is 16.6. The Morgan fingerprint density at radius 1 is 1.17 bits per heavy atom. The topological polar surface area (TPSA) is 99.7 Å². The highest BCUT2D eigenvalue weighted by Gasteiger charge is 2.47. The highest BCUT2D eigenvalue weighted by atomic mass is 16.2. The maximum Gasteiger partial charge on any atom is 0.343 e. The second kappa shape index (κ2) is 7.17. The van der Waals surface area contributed by atoms with Crippen LogP contribution in [0.2, 0.25) is 0 Å². The first-order valence-electron chi connectivity index (χ1n) is 10.5. The van der Waals surface area contributed by atoms with Gasteiger partial charge in [0.05, 0.1) is 11.6 Å². The number of fused-ring (bicyclic) bond motifs is 1. The summed E-state index contributed by atoms with van der Waals surface area (Å²) in [6.45, 7) is 3.23. The number of aromatic amines is 2. The Morgan fingerprint density at radius 3 is 2.79 bits per heavy atom. The first-order valence-corrected chi connectivity index (χ1v) is 10.5. The van der Waals surface area contributed by atoms with Crippen LogP contribution < -0.4 is 5.69 Å². The van der Waals surface area contributed by atoms with Gasteiger partial charge in [-0.2, -0.15) is 10.2 Å². The number of carbonyl (C=O) groups is 1. The number of carbonyl (C=O) groups excluding carboxylic acids is 1. The predicted molar refractivity (Wildman–Crippen MR) is 108 cm³/mol. The maximum atomic E-state index is 13.2. The van der Waals surface area contributed by atoms with Gasteiger partial charge in [0.1, 0.15) is 0 Å². The molecule has 1 saturated carbocycles. The number of nitrogens with one attached hydrogen (secondary N) is 2. The summed E-state index contributed by atoms with van der Waals surface area (Å²) >= 11 is 0. The Balaban J connectivity index is 1.38. The van der Waals surface area contributed by atoms with Crippen molar-refractivity contribution < 1.29 is 4.79 Å². The lowest BCUT2D eigenvalue weighted by Gasteiger charge is -2.28. The van der Waals surface area contributed by atoms with E-state index in [1.165, 1.54) is 12.8 Å². The van der Waals surface area contributed by atoms with Crippen molar-refractivity contribution >= 4 is 16.8 Å². The van der Waals surface area contributed by atoms with Gasteiger partial charge in [-0.1, -0.05) is 18.2 Å². The number of hydrogen-bond acceptors (Lipinski definition) is 4. The molecule has 152 valence electrons. The number of H-pyrrole nitrogens is 2. The Kier molecular flexibility index (Phi) is 4.49. The molecule has 2 atom stereocenters. The van der Waals surface area contributed by atoms with Gasteiger partial charge in [-0.3, -0.25) is 14.5 Å². The highest BCUT2D eigenvalue weighted by molar-refractivity contribution is 5.82. The van der Waals surface area contributed by atoms with Gasteiger partial charge in [0.15, 0.2) is 5.82 Å². The van der Waals surface area contributed by atoms with E-state index < -0.39 is 0 Å². The van der Waals surface area contributed by atoms with Crippen LogP contribution in [0.5, 0.6) is 0 Å².